The lowest BCUT2D eigenvalue weighted by Crippen LogP contribution is -2.45. The van der Waals surface area contributed by atoms with Gasteiger partial charge in [0, 0.05) is 6.04 Å². The Morgan fingerprint density at radius 1 is 1.25 bits per heavy atom. The van der Waals surface area contributed by atoms with Crippen LogP contribution in [0.4, 0.5) is 0 Å². The van der Waals surface area contributed by atoms with Gasteiger partial charge in [0.25, 0.3) is 0 Å². The number of carboxylic acid groups (broad SMARTS) is 1. The molecule has 0 saturated heterocycles. The number of rotatable bonds is 5. The minimum absolute atomic E-state index is 0.340. The maximum atomic E-state index is 11.3. The van der Waals surface area contributed by atoms with Gasteiger partial charge >= 0.3 is 5.97 Å². The molecule has 0 radical (unpaired) electrons. The van der Waals surface area contributed by atoms with Crippen LogP contribution in [0.15, 0.2) is 30.3 Å². The van der Waals surface area contributed by atoms with Gasteiger partial charge in [-0.05, 0) is 50.6 Å². The molecule has 2 rings (SSSR count). The Morgan fingerprint density at radius 2 is 1.85 bits per heavy atom. The monoisotopic (exact) mass is 275 g/mol. The summed E-state index contributed by atoms with van der Waals surface area (Å²) in [5.41, 5.74) is 1.43. The number of nitrogens with zero attached hydrogens (tertiary/aromatic N) is 1. The zero-order valence-electron chi connectivity index (χ0n) is 12.5. The first-order chi connectivity index (χ1) is 9.63. The quantitative estimate of drug-likeness (QED) is 0.894. The second kappa shape index (κ2) is 6.89. The molecule has 0 aromatic heterocycles. The summed E-state index contributed by atoms with van der Waals surface area (Å²) in [4.78, 5) is 13.3. The normalized spacial score (nSPS) is 24.6. The van der Waals surface area contributed by atoms with Gasteiger partial charge in [-0.1, -0.05) is 37.3 Å². The number of hydrogen-bond donors (Lipinski definition) is 1. The molecule has 3 nitrogen and oxygen atoms in total. The second-order valence-corrected chi connectivity index (χ2v) is 5.84. The van der Waals surface area contributed by atoms with Crippen LogP contribution in [0.1, 0.15) is 50.5 Å². The molecule has 110 valence electrons. The van der Waals surface area contributed by atoms with Crippen LogP contribution in [-0.2, 0) is 4.79 Å². The molecule has 20 heavy (non-hydrogen) atoms. The Kier molecular flexibility index (Phi) is 5.18. The van der Waals surface area contributed by atoms with Gasteiger partial charge in [0.2, 0.25) is 0 Å². The van der Waals surface area contributed by atoms with Crippen molar-refractivity contribution in [2.75, 3.05) is 7.05 Å². The highest BCUT2D eigenvalue weighted by Gasteiger charge is 2.30. The molecule has 1 fully saturated rings. The molecule has 1 aliphatic carbocycles. The topological polar surface area (TPSA) is 40.5 Å². The van der Waals surface area contributed by atoms with E-state index in [1.54, 1.807) is 0 Å². The molecular formula is C17H25NO2. The summed E-state index contributed by atoms with van der Waals surface area (Å²) in [7, 11) is 1.97. The summed E-state index contributed by atoms with van der Waals surface area (Å²) >= 11 is 0. The Morgan fingerprint density at radius 3 is 2.35 bits per heavy atom. The number of hydrogen-bond acceptors (Lipinski definition) is 2. The first-order valence-electron chi connectivity index (χ1n) is 7.63. The number of likely N-dealkylation sites (N-methyl/N-ethyl adjacent to an activating group) is 1. The van der Waals surface area contributed by atoms with Crippen molar-refractivity contribution in [2.24, 2.45) is 0 Å². The molecule has 0 aliphatic heterocycles. The van der Waals surface area contributed by atoms with Crippen molar-refractivity contribution in [3.8, 4) is 0 Å². The van der Waals surface area contributed by atoms with Gasteiger partial charge in [-0.3, -0.25) is 9.69 Å². The van der Waals surface area contributed by atoms with E-state index in [9.17, 15) is 9.90 Å². The Bertz CT molecular complexity index is 424. The predicted molar refractivity (Wildman–Crippen MR) is 80.9 cm³/mol. The lowest BCUT2D eigenvalue weighted by Gasteiger charge is -2.37. The lowest BCUT2D eigenvalue weighted by molar-refractivity contribution is -0.144. The van der Waals surface area contributed by atoms with Crippen molar-refractivity contribution >= 4 is 5.97 Å². The highest BCUT2D eigenvalue weighted by Crippen LogP contribution is 2.34. The number of carboxylic acids is 1. The van der Waals surface area contributed by atoms with E-state index in [0.717, 1.165) is 25.7 Å². The molecule has 0 heterocycles. The molecule has 0 amide bonds. The van der Waals surface area contributed by atoms with Crippen LogP contribution in [0.25, 0.3) is 0 Å². The molecule has 1 atom stereocenters. The fraction of sp³-hybridized carbons (Fsp3) is 0.588. The standard InChI is InChI=1S/C17H25NO2/c1-3-16(17(19)20)18(2)15-11-9-14(10-12-15)13-7-5-4-6-8-13/h4-8,14-16H,3,9-12H2,1-2H3,(H,19,20). The summed E-state index contributed by atoms with van der Waals surface area (Å²) in [6.07, 6.45) is 5.19. The molecule has 1 N–H and O–H groups in total. The van der Waals surface area contributed by atoms with E-state index in [0.29, 0.717) is 18.4 Å². The zero-order valence-corrected chi connectivity index (χ0v) is 12.5. The van der Waals surface area contributed by atoms with Gasteiger partial charge in [-0.25, -0.2) is 0 Å². The summed E-state index contributed by atoms with van der Waals surface area (Å²) in [5, 5.41) is 9.26. The van der Waals surface area contributed by atoms with Crippen LogP contribution in [0, 0.1) is 0 Å². The SMILES string of the molecule is CCC(C(=O)O)N(C)C1CCC(c2ccccc2)CC1. The van der Waals surface area contributed by atoms with Crippen LogP contribution in [0.5, 0.6) is 0 Å². The first-order valence-corrected chi connectivity index (χ1v) is 7.63. The van der Waals surface area contributed by atoms with Crippen LogP contribution >= 0.6 is 0 Å². The molecule has 0 bridgehead atoms. The third-order valence-electron chi connectivity index (χ3n) is 4.71. The lowest BCUT2D eigenvalue weighted by atomic mass is 9.81. The average Bonchev–Trinajstić information content (AvgIpc) is 2.48. The molecule has 0 spiro atoms. The number of benzene rings is 1. The first kappa shape index (κ1) is 15.0. The fourth-order valence-electron chi connectivity index (χ4n) is 3.43. The average molecular weight is 275 g/mol. The van der Waals surface area contributed by atoms with E-state index in [-0.39, 0.29) is 6.04 Å². The van der Waals surface area contributed by atoms with Gasteiger partial charge in [0.1, 0.15) is 6.04 Å². The minimum Gasteiger partial charge on any atom is -0.480 e. The highest BCUT2D eigenvalue weighted by atomic mass is 16.4. The van der Waals surface area contributed by atoms with Crippen LogP contribution in [0.3, 0.4) is 0 Å². The summed E-state index contributed by atoms with van der Waals surface area (Å²) in [5.74, 6) is -0.0501. The van der Waals surface area contributed by atoms with Crippen molar-refractivity contribution < 1.29 is 9.90 Å². The van der Waals surface area contributed by atoms with Crippen molar-refractivity contribution in [3.05, 3.63) is 35.9 Å². The fourth-order valence-corrected chi connectivity index (χ4v) is 3.43. The predicted octanol–water partition coefficient (Wildman–Crippen LogP) is 3.51. The highest BCUT2D eigenvalue weighted by molar-refractivity contribution is 5.73. The summed E-state index contributed by atoms with van der Waals surface area (Å²) in [6, 6.07) is 10.8. The zero-order chi connectivity index (χ0) is 14.5. The van der Waals surface area contributed by atoms with Crippen molar-refractivity contribution in [2.45, 2.75) is 57.0 Å². The van der Waals surface area contributed by atoms with E-state index in [4.69, 9.17) is 0 Å². The van der Waals surface area contributed by atoms with E-state index in [1.165, 1.54) is 5.56 Å². The van der Waals surface area contributed by atoms with E-state index in [1.807, 2.05) is 14.0 Å². The molecule has 1 saturated carbocycles. The second-order valence-electron chi connectivity index (χ2n) is 5.84. The smallest absolute Gasteiger partial charge is 0.320 e. The molecule has 3 heteroatoms. The Labute approximate surface area is 121 Å². The number of carbonyl (C=O) groups is 1. The van der Waals surface area contributed by atoms with Gasteiger partial charge in [-0.15, -0.1) is 0 Å². The molecule has 1 aliphatic rings. The van der Waals surface area contributed by atoms with Gasteiger partial charge < -0.3 is 5.11 Å². The summed E-state index contributed by atoms with van der Waals surface area (Å²) < 4.78 is 0. The van der Waals surface area contributed by atoms with Crippen molar-refractivity contribution in [1.82, 2.24) is 4.90 Å². The third-order valence-corrected chi connectivity index (χ3v) is 4.71. The number of aliphatic carboxylic acids is 1. The molecule has 1 aromatic carbocycles. The van der Waals surface area contributed by atoms with Gasteiger partial charge in [-0.2, -0.15) is 0 Å². The van der Waals surface area contributed by atoms with E-state index < -0.39 is 5.97 Å². The third kappa shape index (κ3) is 3.40. The molecular weight excluding hydrogens is 250 g/mol. The van der Waals surface area contributed by atoms with Gasteiger partial charge in [0.15, 0.2) is 0 Å². The van der Waals surface area contributed by atoms with Gasteiger partial charge in [0.05, 0.1) is 0 Å². The molecule has 1 unspecified atom stereocenters. The minimum atomic E-state index is -0.694. The Hall–Kier alpha value is -1.35. The van der Waals surface area contributed by atoms with Crippen molar-refractivity contribution in [3.63, 3.8) is 0 Å². The molecule has 1 aromatic rings. The summed E-state index contributed by atoms with van der Waals surface area (Å²) in [6.45, 7) is 1.95. The largest absolute Gasteiger partial charge is 0.480 e. The van der Waals surface area contributed by atoms with Crippen molar-refractivity contribution in [1.29, 1.82) is 0 Å². The maximum Gasteiger partial charge on any atom is 0.320 e. The van der Waals surface area contributed by atoms with E-state index >= 15 is 0 Å². The van der Waals surface area contributed by atoms with Crippen LogP contribution in [-0.4, -0.2) is 35.1 Å². The van der Waals surface area contributed by atoms with Crippen LogP contribution in [0.2, 0.25) is 0 Å². The van der Waals surface area contributed by atoms with E-state index in [2.05, 4.69) is 35.2 Å². The van der Waals surface area contributed by atoms with Crippen LogP contribution < -0.4 is 0 Å². The Balaban J connectivity index is 1.92. The maximum absolute atomic E-state index is 11.3.